The Morgan fingerprint density at radius 3 is 2.33 bits per heavy atom. The molecule has 0 fully saturated rings. The van der Waals surface area contributed by atoms with Crippen molar-refractivity contribution in [2.75, 3.05) is 26.7 Å². The highest BCUT2D eigenvalue weighted by atomic mass is 16.5. The molecule has 1 unspecified atom stereocenters. The van der Waals surface area contributed by atoms with Gasteiger partial charge in [-0.2, -0.15) is 0 Å². The molecule has 0 saturated carbocycles. The van der Waals surface area contributed by atoms with Crippen LogP contribution in [0.1, 0.15) is 33.6 Å². The van der Waals surface area contributed by atoms with Gasteiger partial charge in [-0.05, 0) is 25.2 Å². The number of nitrogens with one attached hydrogen (secondary N) is 1. The molecular weight excluding hydrogens is 276 g/mol. The fourth-order valence-electron chi connectivity index (χ4n) is 2.04. The number of urea groups is 1. The number of likely N-dealkylation sites (N-methyl/N-ethyl adjacent to an activating group) is 1. The monoisotopic (exact) mass is 302 g/mol. The number of aliphatic carboxylic acids is 1. The Hall–Kier alpha value is -1.79. The van der Waals surface area contributed by atoms with Gasteiger partial charge in [0.05, 0.1) is 7.11 Å². The van der Waals surface area contributed by atoms with Gasteiger partial charge in [0.25, 0.3) is 0 Å². The zero-order valence-corrected chi connectivity index (χ0v) is 13.2. The van der Waals surface area contributed by atoms with Crippen LogP contribution in [0, 0.1) is 11.8 Å². The summed E-state index contributed by atoms with van der Waals surface area (Å²) < 4.78 is 4.53. The Balaban J connectivity index is 4.43. The molecule has 7 heteroatoms. The number of methoxy groups -OCH3 is 1. The third-order valence-electron chi connectivity index (χ3n) is 3.03. The van der Waals surface area contributed by atoms with Crippen LogP contribution in [0.2, 0.25) is 0 Å². The third-order valence-corrected chi connectivity index (χ3v) is 3.03. The predicted octanol–water partition coefficient (Wildman–Crippen LogP) is 1.33. The standard InChI is InChI=1S/C14H26N2O5/c1-5-16(9-13(19)21-4)14(20)15-8-11(6-10(2)3)7-12(17)18/h10-11H,5-9H2,1-4H3,(H,15,20)(H,17,18). The molecule has 0 spiro atoms. The van der Waals surface area contributed by atoms with E-state index in [2.05, 4.69) is 10.1 Å². The first kappa shape index (κ1) is 19.2. The third kappa shape index (κ3) is 8.88. The van der Waals surface area contributed by atoms with Crippen molar-refractivity contribution in [1.29, 1.82) is 0 Å². The van der Waals surface area contributed by atoms with E-state index in [1.807, 2.05) is 13.8 Å². The van der Waals surface area contributed by atoms with Crippen LogP contribution in [0.15, 0.2) is 0 Å². The highest BCUT2D eigenvalue weighted by Gasteiger charge is 2.19. The lowest BCUT2D eigenvalue weighted by Gasteiger charge is -2.23. The molecule has 0 aliphatic heterocycles. The molecule has 0 aromatic carbocycles. The number of carboxylic acid groups (broad SMARTS) is 1. The van der Waals surface area contributed by atoms with Gasteiger partial charge in [0.1, 0.15) is 6.54 Å². The van der Waals surface area contributed by atoms with E-state index in [1.165, 1.54) is 12.0 Å². The van der Waals surface area contributed by atoms with Crippen molar-refractivity contribution >= 4 is 18.0 Å². The number of carbonyl (C=O) groups is 3. The van der Waals surface area contributed by atoms with Gasteiger partial charge in [-0.1, -0.05) is 13.8 Å². The number of amides is 2. The van der Waals surface area contributed by atoms with Crippen molar-refractivity contribution in [1.82, 2.24) is 10.2 Å². The van der Waals surface area contributed by atoms with Crippen LogP contribution in [-0.4, -0.2) is 54.7 Å². The molecule has 0 aliphatic rings. The van der Waals surface area contributed by atoms with Crippen LogP contribution in [0.25, 0.3) is 0 Å². The van der Waals surface area contributed by atoms with Crippen molar-refractivity contribution in [3.8, 4) is 0 Å². The highest BCUT2D eigenvalue weighted by molar-refractivity contribution is 5.80. The first-order valence-electron chi connectivity index (χ1n) is 7.11. The van der Waals surface area contributed by atoms with Crippen molar-refractivity contribution in [3.05, 3.63) is 0 Å². The molecule has 0 saturated heterocycles. The number of rotatable bonds is 9. The van der Waals surface area contributed by atoms with Crippen molar-refractivity contribution in [2.45, 2.75) is 33.6 Å². The van der Waals surface area contributed by atoms with Crippen molar-refractivity contribution in [2.24, 2.45) is 11.8 Å². The number of ether oxygens (including phenoxy) is 1. The number of carboxylic acids is 1. The molecule has 122 valence electrons. The molecule has 0 bridgehead atoms. The number of nitrogens with zero attached hydrogens (tertiary/aromatic N) is 1. The minimum Gasteiger partial charge on any atom is -0.481 e. The van der Waals surface area contributed by atoms with Gasteiger partial charge in [-0.15, -0.1) is 0 Å². The first-order chi connectivity index (χ1) is 9.79. The Morgan fingerprint density at radius 2 is 1.90 bits per heavy atom. The Morgan fingerprint density at radius 1 is 1.29 bits per heavy atom. The Labute approximate surface area is 125 Å². The Bertz CT molecular complexity index is 357. The summed E-state index contributed by atoms with van der Waals surface area (Å²) in [5.41, 5.74) is 0. The molecule has 1 atom stereocenters. The van der Waals surface area contributed by atoms with Gasteiger partial charge in [-0.25, -0.2) is 4.79 Å². The second-order valence-electron chi connectivity index (χ2n) is 5.37. The summed E-state index contributed by atoms with van der Waals surface area (Å²) in [5, 5.41) is 11.6. The van der Waals surface area contributed by atoms with E-state index in [0.717, 1.165) is 6.42 Å². The van der Waals surface area contributed by atoms with Crippen LogP contribution in [0.3, 0.4) is 0 Å². The summed E-state index contributed by atoms with van der Waals surface area (Å²) in [7, 11) is 1.26. The molecule has 2 amide bonds. The molecular formula is C14H26N2O5. The number of hydrogen-bond acceptors (Lipinski definition) is 4. The van der Waals surface area contributed by atoms with Gasteiger partial charge in [0, 0.05) is 19.5 Å². The molecule has 0 heterocycles. The average molecular weight is 302 g/mol. The van der Waals surface area contributed by atoms with E-state index >= 15 is 0 Å². The van der Waals surface area contributed by atoms with Gasteiger partial charge in [0.2, 0.25) is 0 Å². The van der Waals surface area contributed by atoms with Crippen molar-refractivity contribution in [3.63, 3.8) is 0 Å². The van der Waals surface area contributed by atoms with Crippen molar-refractivity contribution < 1.29 is 24.2 Å². The molecule has 7 nitrogen and oxygen atoms in total. The summed E-state index contributed by atoms with van der Waals surface area (Å²) in [6.07, 6.45) is 0.733. The molecule has 0 radical (unpaired) electrons. The lowest BCUT2D eigenvalue weighted by Crippen LogP contribution is -2.44. The minimum atomic E-state index is -0.878. The lowest BCUT2D eigenvalue weighted by molar-refractivity contribution is -0.141. The average Bonchev–Trinajstić information content (AvgIpc) is 2.40. The summed E-state index contributed by atoms with van der Waals surface area (Å²) >= 11 is 0. The molecule has 21 heavy (non-hydrogen) atoms. The van der Waals surface area contributed by atoms with E-state index in [0.29, 0.717) is 12.5 Å². The molecule has 2 N–H and O–H groups in total. The van der Waals surface area contributed by atoms with Crippen LogP contribution < -0.4 is 5.32 Å². The lowest BCUT2D eigenvalue weighted by atomic mass is 9.94. The van der Waals surface area contributed by atoms with E-state index in [-0.39, 0.29) is 31.5 Å². The number of carbonyl (C=O) groups excluding carboxylic acids is 2. The van der Waals surface area contributed by atoms with E-state index in [9.17, 15) is 14.4 Å². The zero-order valence-electron chi connectivity index (χ0n) is 13.2. The normalized spacial score (nSPS) is 11.9. The molecule has 0 aliphatic carbocycles. The van der Waals surface area contributed by atoms with Gasteiger partial charge < -0.3 is 20.1 Å². The fourth-order valence-corrected chi connectivity index (χ4v) is 2.04. The number of esters is 1. The molecule has 0 aromatic rings. The first-order valence-corrected chi connectivity index (χ1v) is 7.11. The SMILES string of the molecule is CCN(CC(=O)OC)C(=O)NCC(CC(=O)O)CC(C)C. The second-order valence-corrected chi connectivity index (χ2v) is 5.37. The van der Waals surface area contributed by atoms with Gasteiger partial charge in [-0.3, -0.25) is 9.59 Å². The summed E-state index contributed by atoms with van der Waals surface area (Å²) in [6, 6.07) is -0.387. The van der Waals surface area contributed by atoms with E-state index in [4.69, 9.17) is 5.11 Å². The topological polar surface area (TPSA) is 95.9 Å². The molecule has 0 aromatic heterocycles. The maximum atomic E-state index is 12.0. The molecule has 0 rings (SSSR count). The number of hydrogen-bond donors (Lipinski definition) is 2. The van der Waals surface area contributed by atoms with E-state index < -0.39 is 11.9 Å². The Kier molecular flexibility index (Phi) is 9.16. The van der Waals surface area contributed by atoms with Gasteiger partial charge >= 0.3 is 18.0 Å². The van der Waals surface area contributed by atoms with Gasteiger partial charge in [0.15, 0.2) is 0 Å². The fraction of sp³-hybridized carbons (Fsp3) is 0.786. The zero-order chi connectivity index (χ0) is 16.4. The minimum absolute atomic E-state index is 0.0155. The predicted molar refractivity (Wildman–Crippen MR) is 77.9 cm³/mol. The quantitative estimate of drug-likeness (QED) is 0.626. The van der Waals surface area contributed by atoms with Crippen LogP contribution in [-0.2, 0) is 14.3 Å². The maximum absolute atomic E-state index is 12.0. The van der Waals surface area contributed by atoms with E-state index in [1.54, 1.807) is 6.92 Å². The maximum Gasteiger partial charge on any atom is 0.325 e. The van der Waals surface area contributed by atoms with Crippen LogP contribution >= 0.6 is 0 Å². The largest absolute Gasteiger partial charge is 0.481 e. The summed E-state index contributed by atoms with van der Waals surface area (Å²) in [6.45, 7) is 6.30. The van der Waals surface area contributed by atoms with Crippen LogP contribution in [0.4, 0.5) is 4.79 Å². The summed E-state index contributed by atoms with van der Waals surface area (Å²) in [5.74, 6) is -1.14. The summed E-state index contributed by atoms with van der Waals surface area (Å²) in [4.78, 5) is 35.3. The second kappa shape index (κ2) is 10.0. The smallest absolute Gasteiger partial charge is 0.325 e. The van der Waals surface area contributed by atoms with Crippen LogP contribution in [0.5, 0.6) is 0 Å². The highest BCUT2D eigenvalue weighted by Crippen LogP contribution is 2.14.